The van der Waals surface area contributed by atoms with Gasteiger partial charge in [0, 0.05) is 37.4 Å². The maximum Gasteiger partial charge on any atom is 0.244 e. The van der Waals surface area contributed by atoms with Gasteiger partial charge in [0.1, 0.15) is 0 Å². The molecule has 0 amide bonds. The Kier molecular flexibility index (Phi) is 5.95. The molecule has 4 rings (SSSR count). The van der Waals surface area contributed by atoms with Crippen LogP contribution < -0.4 is 0 Å². The summed E-state index contributed by atoms with van der Waals surface area (Å²) in [5, 5.41) is 9.88. The van der Waals surface area contributed by atoms with E-state index in [1.165, 1.54) is 16.1 Å². The van der Waals surface area contributed by atoms with Crippen LogP contribution in [0, 0.1) is 0 Å². The van der Waals surface area contributed by atoms with Crippen molar-refractivity contribution < 1.29 is 8.42 Å². The number of hydrogen-bond acceptors (Lipinski definition) is 6. The largest absolute Gasteiger partial charge is 0.304 e. The summed E-state index contributed by atoms with van der Waals surface area (Å²) in [6.45, 7) is 4.43. The van der Waals surface area contributed by atoms with Crippen LogP contribution in [0.1, 0.15) is 19.5 Å². The van der Waals surface area contributed by atoms with Crippen molar-refractivity contribution in [1.82, 2.24) is 28.3 Å². The van der Waals surface area contributed by atoms with Crippen molar-refractivity contribution in [3.63, 3.8) is 0 Å². The summed E-state index contributed by atoms with van der Waals surface area (Å²) in [4.78, 5) is 4.73. The van der Waals surface area contributed by atoms with Crippen LogP contribution in [0.3, 0.4) is 0 Å². The van der Waals surface area contributed by atoms with Crippen LogP contribution in [-0.2, 0) is 15.8 Å². The second-order valence-electron chi connectivity index (χ2n) is 6.42. The summed E-state index contributed by atoms with van der Waals surface area (Å²) in [7, 11) is -3.58. The molecule has 30 heavy (non-hydrogen) atoms. The molecule has 0 unspecified atom stereocenters. The van der Waals surface area contributed by atoms with E-state index < -0.39 is 10.0 Å². The number of aromatic nitrogens is 5. The lowest BCUT2D eigenvalue weighted by Crippen LogP contribution is -2.30. The first-order valence-electron chi connectivity index (χ1n) is 9.13. The molecular weight excluding hydrogens is 467 g/mol. The van der Waals surface area contributed by atoms with Gasteiger partial charge in [0.2, 0.25) is 10.0 Å². The van der Waals surface area contributed by atoms with Crippen LogP contribution in [0.4, 0.5) is 0 Å². The summed E-state index contributed by atoms with van der Waals surface area (Å²) in [5.41, 5.74) is 1.98. The maximum atomic E-state index is 12.8. The molecule has 0 aliphatic heterocycles. The topological polar surface area (TPSA) is 84.9 Å². The van der Waals surface area contributed by atoms with Crippen molar-refractivity contribution in [2.45, 2.75) is 29.7 Å². The summed E-state index contributed by atoms with van der Waals surface area (Å²) in [6, 6.07) is 4.85. The third kappa shape index (κ3) is 3.90. The Bertz CT molecular complexity index is 1330. The van der Waals surface area contributed by atoms with Gasteiger partial charge in [-0.25, -0.2) is 13.4 Å². The van der Waals surface area contributed by atoms with Crippen LogP contribution in [0.25, 0.3) is 11.3 Å². The van der Waals surface area contributed by atoms with E-state index in [4.69, 9.17) is 23.2 Å². The number of sulfonamides is 1. The fourth-order valence-electron chi connectivity index (χ4n) is 3.10. The normalized spacial score (nSPS) is 12.4. The molecule has 0 fully saturated rings. The molecule has 0 aliphatic carbocycles. The average molecular weight is 485 g/mol. The number of pyridine rings is 2. The van der Waals surface area contributed by atoms with Gasteiger partial charge in [0.15, 0.2) is 16.5 Å². The molecule has 4 aromatic rings. The van der Waals surface area contributed by atoms with E-state index in [2.05, 4.69) is 15.2 Å². The number of rotatable bonds is 7. The Morgan fingerprint density at radius 2 is 1.87 bits per heavy atom. The summed E-state index contributed by atoms with van der Waals surface area (Å²) in [5.74, 6) is 0.503. The van der Waals surface area contributed by atoms with Crippen molar-refractivity contribution in [2.75, 3.05) is 13.1 Å². The summed E-state index contributed by atoms with van der Waals surface area (Å²) < 4.78 is 30.5. The van der Waals surface area contributed by atoms with Gasteiger partial charge < -0.3 is 4.40 Å². The summed E-state index contributed by atoms with van der Waals surface area (Å²) >= 11 is 13.6. The van der Waals surface area contributed by atoms with Gasteiger partial charge in [-0.3, -0.25) is 4.40 Å². The fourth-order valence-corrected chi connectivity index (χ4v) is 5.88. The van der Waals surface area contributed by atoms with Crippen LogP contribution in [0.15, 0.2) is 46.8 Å². The predicted molar refractivity (Wildman–Crippen MR) is 118 cm³/mol. The molecule has 0 saturated heterocycles. The van der Waals surface area contributed by atoms with Gasteiger partial charge in [0.25, 0.3) is 0 Å². The first kappa shape index (κ1) is 21.4. The number of nitrogens with zero attached hydrogens (tertiary/aromatic N) is 6. The zero-order valence-corrected chi connectivity index (χ0v) is 19.3. The molecule has 0 radical (unpaired) electrons. The monoisotopic (exact) mass is 484 g/mol. The van der Waals surface area contributed by atoms with Crippen molar-refractivity contribution in [3.05, 3.63) is 52.5 Å². The number of hydrogen-bond donors (Lipinski definition) is 0. The lowest BCUT2D eigenvalue weighted by atomic mass is 10.5. The van der Waals surface area contributed by atoms with Gasteiger partial charge in [0.05, 0.1) is 20.6 Å². The van der Waals surface area contributed by atoms with E-state index in [0.29, 0.717) is 45.3 Å². The van der Waals surface area contributed by atoms with Gasteiger partial charge in [-0.2, -0.15) is 4.31 Å². The minimum absolute atomic E-state index is 0.203. The molecule has 8 nitrogen and oxygen atoms in total. The van der Waals surface area contributed by atoms with Crippen molar-refractivity contribution in [2.24, 2.45) is 0 Å². The molecule has 4 aromatic heterocycles. The molecule has 0 saturated carbocycles. The minimum atomic E-state index is -3.58. The second-order valence-corrected chi connectivity index (χ2v) is 10.1. The number of imidazole rings is 1. The Morgan fingerprint density at radius 1 is 1.10 bits per heavy atom. The highest BCUT2D eigenvalue weighted by Gasteiger charge is 2.23. The van der Waals surface area contributed by atoms with Gasteiger partial charge in [-0.05, 0) is 18.2 Å². The van der Waals surface area contributed by atoms with Gasteiger partial charge in [-0.1, -0.05) is 48.8 Å². The third-order valence-corrected chi connectivity index (χ3v) is 8.05. The quantitative estimate of drug-likeness (QED) is 0.368. The lowest BCUT2D eigenvalue weighted by molar-refractivity contribution is 0.445. The molecule has 0 aliphatic rings. The van der Waals surface area contributed by atoms with E-state index >= 15 is 0 Å². The Morgan fingerprint density at radius 3 is 2.60 bits per heavy atom. The molecule has 0 spiro atoms. The molecule has 0 N–H and O–H groups in total. The summed E-state index contributed by atoms with van der Waals surface area (Å²) in [6.07, 6.45) is 5.14. The molecule has 0 aromatic carbocycles. The minimum Gasteiger partial charge on any atom is -0.304 e. The first-order chi connectivity index (χ1) is 14.3. The molecule has 0 bridgehead atoms. The lowest BCUT2D eigenvalue weighted by Gasteiger charge is -2.18. The van der Waals surface area contributed by atoms with Crippen LogP contribution in [0.2, 0.25) is 10.0 Å². The highest BCUT2D eigenvalue weighted by molar-refractivity contribution is 7.98. The zero-order chi connectivity index (χ0) is 21.5. The standard InChI is InChI=1S/C18H18Cl2N6O2S2/c1-3-25(4-2)30(27,28)14-5-6-16-22-23-18(26(16)10-14)29-11-13-9-24-8-12(19)7-15(20)17(24)21-13/h5-10H,3-4,11H2,1-2H3. The van der Waals surface area contributed by atoms with Gasteiger partial charge >= 0.3 is 0 Å². The van der Waals surface area contributed by atoms with E-state index in [-0.39, 0.29) is 4.90 Å². The van der Waals surface area contributed by atoms with Crippen LogP contribution >= 0.6 is 35.0 Å². The van der Waals surface area contributed by atoms with E-state index in [9.17, 15) is 8.42 Å². The van der Waals surface area contributed by atoms with E-state index in [1.54, 1.807) is 39.4 Å². The number of fused-ring (bicyclic) bond motifs is 2. The predicted octanol–water partition coefficient (Wildman–Crippen LogP) is 4.01. The third-order valence-electron chi connectivity index (χ3n) is 4.56. The van der Waals surface area contributed by atoms with E-state index in [0.717, 1.165) is 5.69 Å². The van der Waals surface area contributed by atoms with Crippen molar-refractivity contribution in [1.29, 1.82) is 0 Å². The van der Waals surface area contributed by atoms with Crippen molar-refractivity contribution in [3.8, 4) is 0 Å². The Labute approximate surface area is 187 Å². The number of halogens is 2. The molecular formula is C18H18Cl2N6O2S2. The SMILES string of the molecule is CCN(CC)S(=O)(=O)c1ccc2nnc(SCc3cn4cc(Cl)cc(Cl)c4n3)n2c1. The molecule has 0 atom stereocenters. The maximum absolute atomic E-state index is 12.8. The zero-order valence-electron chi connectivity index (χ0n) is 16.2. The highest BCUT2D eigenvalue weighted by atomic mass is 35.5. The Hall–Kier alpha value is -1.85. The molecule has 12 heteroatoms. The van der Waals surface area contributed by atoms with Crippen LogP contribution in [0.5, 0.6) is 0 Å². The molecule has 4 heterocycles. The number of thioether (sulfide) groups is 1. The second kappa shape index (κ2) is 8.35. The average Bonchev–Trinajstić information content (AvgIpc) is 3.30. The van der Waals surface area contributed by atoms with Crippen molar-refractivity contribution >= 4 is 56.3 Å². The van der Waals surface area contributed by atoms with E-state index in [1.807, 2.05) is 20.0 Å². The first-order valence-corrected chi connectivity index (χ1v) is 12.3. The van der Waals surface area contributed by atoms with Crippen LogP contribution in [-0.4, -0.2) is 49.8 Å². The smallest absolute Gasteiger partial charge is 0.244 e. The fraction of sp³-hybridized carbons (Fsp3) is 0.278. The molecule has 158 valence electrons. The Balaban J connectivity index is 1.63. The van der Waals surface area contributed by atoms with Gasteiger partial charge in [-0.15, -0.1) is 10.2 Å². The highest BCUT2D eigenvalue weighted by Crippen LogP contribution is 2.26.